The van der Waals surface area contributed by atoms with Crippen LogP contribution in [0.1, 0.15) is 24.2 Å². The van der Waals surface area contributed by atoms with Crippen molar-refractivity contribution in [3.63, 3.8) is 0 Å². The zero-order chi connectivity index (χ0) is 12.0. The Morgan fingerprint density at radius 3 is 2.88 bits per heavy atom. The van der Waals surface area contributed by atoms with Crippen LogP contribution in [0.15, 0.2) is 18.3 Å². The Morgan fingerprint density at radius 2 is 2.25 bits per heavy atom. The van der Waals surface area contributed by atoms with Gasteiger partial charge in [-0.2, -0.15) is 0 Å². The van der Waals surface area contributed by atoms with Crippen molar-refractivity contribution in [3.8, 4) is 5.88 Å². The lowest BCUT2D eigenvalue weighted by Crippen LogP contribution is -2.16. The van der Waals surface area contributed by atoms with Gasteiger partial charge in [-0.25, -0.2) is 4.98 Å². The molecule has 1 amide bonds. The van der Waals surface area contributed by atoms with E-state index in [1.807, 2.05) is 13.8 Å². The van der Waals surface area contributed by atoms with Gasteiger partial charge in [-0.3, -0.25) is 4.79 Å². The second-order valence-corrected chi connectivity index (χ2v) is 3.49. The van der Waals surface area contributed by atoms with Gasteiger partial charge in [0.1, 0.15) is 12.2 Å². The molecule has 0 fully saturated rings. The largest absolute Gasteiger partial charge is 0.475 e. The molecule has 0 atom stereocenters. The summed E-state index contributed by atoms with van der Waals surface area (Å²) in [5, 5.41) is 0. The highest BCUT2D eigenvalue weighted by atomic mass is 16.5. The molecule has 0 aliphatic heterocycles. The van der Waals surface area contributed by atoms with Crippen molar-refractivity contribution in [1.82, 2.24) is 4.98 Å². The van der Waals surface area contributed by atoms with Crippen LogP contribution in [-0.4, -0.2) is 30.2 Å². The van der Waals surface area contributed by atoms with Gasteiger partial charge in [-0.15, -0.1) is 0 Å². The summed E-state index contributed by atoms with van der Waals surface area (Å²) in [5.41, 5.74) is 5.46. The molecule has 0 aromatic carbocycles. The number of carbonyl (C=O) groups is 1. The predicted molar refractivity (Wildman–Crippen MR) is 59.3 cm³/mol. The molecule has 1 heterocycles. The van der Waals surface area contributed by atoms with E-state index in [1.165, 1.54) is 0 Å². The SMILES string of the molecule is CC(C)OCCOc1ncccc1C(N)=O. The average Bonchev–Trinajstić information content (AvgIpc) is 2.24. The van der Waals surface area contributed by atoms with Crippen LogP contribution in [0.3, 0.4) is 0 Å². The van der Waals surface area contributed by atoms with Gasteiger partial charge in [0.15, 0.2) is 0 Å². The summed E-state index contributed by atoms with van der Waals surface area (Å²) < 4.78 is 10.6. The molecule has 0 aliphatic rings. The summed E-state index contributed by atoms with van der Waals surface area (Å²) in [6.07, 6.45) is 1.70. The van der Waals surface area contributed by atoms with Crippen LogP contribution >= 0.6 is 0 Å². The molecule has 16 heavy (non-hydrogen) atoms. The number of aromatic nitrogens is 1. The first-order valence-electron chi connectivity index (χ1n) is 5.10. The second kappa shape index (κ2) is 6.07. The molecule has 0 aliphatic carbocycles. The molecule has 5 nitrogen and oxygen atoms in total. The molecule has 88 valence electrons. The highest BCUT2D eigenvalue weighted by Gasteiger charge is 2.09. The summed E-state index contributed by atoms with van der Waals surface area (Å²) in [4.78, 5) is 15.0. The standard InChI is InChI=1S/C11H16N2O3/c1-8(2)15-6-7-16-11-9(10(12)14)4-3-5-13-11/h3-5,8H,6-7H2,1-2H3,(H2,12,14). The topological polar surface area (TPSA) is 74.4 Å². The lowest BCUT2D eigenvalue weighted by Gasteiger charge is -2.10. The Morgan fingerprint density at radius 1 is 1.50 bits per heavy atom. The van der Waals surface area contributed by atoms with Crippen molar-refractivity contribution < 1.29 is 14.3 Å². The van der Waals surface area contributed by atoms with E-state index < -0.39 is 5.91 Å². The zero-order valence-corrected chi connectivity index (χ0v) is 9.47. The number of primary amides is 1. The molecule has 1 rings (SSSR count). The van der Waals surface area contributed by atoms with Crippen LogP contribution in [0.5, 0.6) is 5.88 Å². The summed E-state index contributed by atoms with van der Waals surface area (Å²) in [6.45, 7) is 4.67. The maximum Gasteiger partial charge on any atom is 0.254 e. The number of hydrogen-bond acceptors (Lipinski definition) is 4. The van der Waals surface area contributed by atoms with E-state index in [-0.39, 0.29) is 17.5 Å². The molecule has 5 heteroatoms. The van der Waals surface area contributed by atoms with Crippen molar-refractivity contribution in [1.29, 1.82) is 0 Å². The van der Waals surface area contributed by atoms with Gasteiger partial charge in [0, 0.05) is 6.20 Å². The number of rotatable bonds is 6. The van der Waals surface area contributed by atoms with Gasteiger partial charge in [-0.05, 0) is 26.0 Å². The first-order chi connectivity index (χ1) is 7.61. The fourth-order valence-electron chi connectivity index (χ4n) is 1.12. The van der Waals surface area contributed by atoms with Crippen molar-refractivity contribution >= 4 is 5.91 Å². The molecule has 0 saturated heterocycles. The van der Waals surface area contributed by atoms with Gasteiger partial charge in [0.05, 0.1) is 12.7 Å². The summed E-state index contributed by atoms with van der Waals surface area (Å²) in [5.74, 6) is -0.296. The molecule has 0 unspecified atom stereocenters. The molecule has 0 saturated carbocycles. The summed E-state index contributed by atoms with van der Waals surface area (Å²) >= 11 is 0. The minimum Gasteiger partial charge on any atom is -0.475 e. The molecule has 0 bridgehead atoms. The lowest BCUT2D eigenvalue weighted by atomic mass is 10.2. The van der Waals surface area contributed by atoms with Crippen LogP contribution < -0.4 is 10.5 Å². The quantitative estimate of drug-likeness (QED) is 0.731. The van der Waals surface area contributed by atoms with Crippen LogP contribution in [0.4, 0.5) is 0 Å². The minimum atomic E-state index is -0.548. The van der Waals surface area contributed by atoms with E-state index in [9.17, 15) is 4.79 Å². The molecule has 1 aromatic heterocycles. The van der Waals surface area contributed by atoms with Gasteiger partial charge in [0.2, 0.25) is 5.88 Å². The van der Waals surface area contributed by atoms with E-state index >= 15 is 0 Å². The van der Waals surface area contributed by atoms with Gasteiger partial charge < -0.3 is 15.2 Å². The van der Waals surface area contributed by atoms with Crippen molar-refractivity contribution in [2.24, 2.45) is 5.73 Å². The highest BCUT2D eigenvalue weighted by Crippen LogP contribution is 2.12. The summed E-state index contributed by atoms with van der Waals surface area (Å²) in [7, 11) is 0. The third-order valence-electron chi connectivity index (χ3n) is 1.81. The third kappa shape index (κ3) is 3.86. The maximum atomic E-state index is 11.0. The van der Waals surface area contributed by atoms with Gasteiger partial charge in [-0.1, -0.05) is 0 Å². The van der Waals surface area contributed by atoms with E-state index in [1.54, 1.807) is 18.3 Å². The Balaban J connectivity index is 2.50. The van der Waals surface area contributed by atoms with Gasteiger partial charge >= 0.3 is 0 Å². The monoisotopic (exact) mass is 224 g/mol. The van der Waals surface area contributed by atoms with Gasteiger partial charge in [0.25, 0.3) is 5.91 Å². The fourth-order valence-corrected chi connectivity index (χ4v) is 1.12. The zero-order valence-electron chi connectivity index (χ0n) is 9.47. The molecule has 0 radical (unpaired) electrons. The first kappa shape index (κ1) is 12.4. The highest BCUT2D eigenvalue weighted by molar-refractivity contribution is 5.94. The molecule has 0 spiro atoms. The number of nitrogens with two attached hydrogens (primary N) is 1. The van der Waals surface area contributed by atoms with Crippen LogP contribution in [-0.2, 0) is 4.74 Å². The van der Waals surface area contributed by atoms with Crippen molar-refractivity contribution in [2.45, 2.75) is 20.0 Å². The molecular weight excluding hydrogens is 208 g/mol. The van der Waals surface area contributed by atoms with Crippen LogP contribution in [0.25, 0.3) is 0 Å². The Bertz CT molecular complexity index is 353. The lowest BCUT2D eigenvalue weighted by molar-refractivity contribution is 0.0538. The van der Waals surface area contributed by atoms with Crippen LogP contribution in [0.2, 0.25) is 0 Å². The number of carbonyl (C=O) groups excluding carboxylic acids is 1. The van der Waals surface area contributed by atoms with Crippen molar-refractivity contribution in [3.05, 3.63) is 23.9 Å². The second-order valence-electron chi connectivity index (χ2n) is 3.49. The van der Waals surface area contributed by atoms with E-state index in [0.29, 0.717) is 13.2 Å². The Labute approximate surface area is 94.6 Å². The van der Waals surface area contributed by atoms with E-state index in [2.05, 4.69) is 4.98 Å². The van der Waals surface area contributed by atoms with Crippen LogP contribution in [0, 0.1) is 0 Å². The number of pyridine rings is 1. The Hall–Kier alpha value is -1.62. The third-order valence-corrected chi connectivity index (χ3v) is 1.81. The number of hydrogen-bond donors (Lipinski definition) is 1. The fraction of sp³-hybridized carbons (Fsp3) is 0.455. The number of ether oxygens (including phenoxy) is 2. The van der Waals surface area contributed by atoms with Crippen molar-refractivity contribution in [2.75, 3.05) is 13.2 Å². The first-order valence-corrected chi connectivity index (χ1v) is 5.10. The summed E-state index contributed by atoms with van der Waals surface area (Å²) in [6, 6.07) is 3.21. The average molecular weight is 224 g/mol. The molecule has 1 aromatic rings. The van der Waals surface area contributed by atoms with E-state index in [4.69, 9.17) is 15.2 Å². The smallest absolute Gasteiger partial charge is 0.254 e. The Kier molecular flexibility index (Phi) is 4.72. The molecule has 2 N–H and O–H groups in total. The molecular formula is C11H16N2O3. The normalized spacial score (nSPS) is 10.4. The number of amides is 1. The van der Waals surface area contributed by atoms with E-state index in [0.717, 1.165) is 0 Å². The number of nitrogens with zero attached hydrogens (tertiary/aromatic N) is 1. The predicted octanol–water partition coefficient (Wildman–Crippen LogP) is 0.984. The maximum absolute atomic E-state index is 11.0. The minimum absolute atomic E-state index is 0.156.